The molecule has 1 amide bonds. The minimum Gasteiger partial charge on any atom is -0.447 e. The van der Waals surface area contributed by atoms with Crippen LogP contribution < -0.4 is 5.32 Å². The third-order valence-corrected chi connectivity index (χ3v) is 7.77. The van der Waals surface area contributed by atoms with Crippen molar-refractivity contribution in [1.82, 2.24) is 15.2 Å². The van der Waals surface area contributed by atoms with Crippen molar-refractivity contribution in [3.05, 3.63) is 51.7 Å². The van der Waals surface area contributed by atoms with E-state index in [0.717, 1.165) is 22.6 Å². The van der Waals surface area contributed by atoms with E-state index in [1.54, 1.807) is 26.1 Å². The fraction of sp³-hybridized carbons (Fsp3) is 0.600. The highest BCUT2D eigenvalue weighted by molar-refractivity contribution is 7.10. The summed E-state index contributed by atoms with van der Waals surface area (Å²) in [5.74, 6) is 0. The molecule has 0 bridgehead atoms. The summed E-state index contributed by atoms with van der Waals surface area (Å²) in [6, 6.07) is 4.64. The summed E-state index contributed by atoms with van der Waals surface area (Å²) in [5, 5.41) is 1.76. The summed E-state index contributed by atoms with van der Waals surface area (Å²) in [7, 11) is 0. The van der Waals surface area contributed by atoms with Crippen molar-refractivity contribution < 1.29 is 27.1 Å². The third-order valence-electron chi connectivity index (χ3n) is 6.84. The number of nitrogens with zero attached hydrogens (tertiary/aromatic N) is 2. The molecule has 5 nitrogen and oxygen atoms in total. The van der Waals surface area contributed by atoms with Crippen molar-refractivity contribution in [2.24, 2.45) is 5.41 Å². The predicted octanol–water partition coefficient (Wildman–Crippen LogP) is 6.22. The van der Waals surface area contributed by atoms with Crippen molar-refractivity contribution in [3.63, 3.8) is 0 Å². The molecule has 1 aliphatic rings. The number of hydrogen-bond donors (Lipinski definition) is 1. The number of carbonyl (C=O) groups is 1. The number of aromatic nitrogens is 1. The number of alkyl halides is 3. The molecular formula is C25H33F4N3O2S. The number of pyridine rings is 1. The molecule has 10 heteroatoms. The Morgan fingerprint density at radius 1 is 1.26 bits per heavy atom. The number of hydrogen-bond acceptors (Lipinski definition) is 5. The smallest absolute Gasteiger partial charge is 0.409 e. The summed E-state index contributed by atoms with van der Waals surface area (Å²) < 4.78 is 62.0. The van der Waals surface area contributed by atoms with Gasteiger partial charge in [-0.2, -0.15) is 17.6 Å². The number of amides is 1. The van der Waals surface area contributed by atoms with Crippen LogP contribution in [-0.4, -0.2) is 47.4 Å². The summed E-state index contributed by atoms with van der Waals surface area (Å²) in [6.07, 6.45) is -3.95. The SMILES string of the molecule is Cc1ccc(C(C)(C)N2CC[C@@](CCc3ccc(F)s3)([C@@H](NC(=O)OC(C)C)C(F)(F)F)C2)cn1. The van der Waals surface area contributed by atoms with E-state index in [4.69, 9.17) is 4.74 Å². The zero-order chi connectivity index (χ0) is 26.0. The monoisotopic (exact) mass is 515 g/mol. The lowest BCUT2D eigenvalue weighted by atomic mass is 9.74. The van der Waals surface area contributed by atoms with E-state index in [9.17, 15) is 22.4 Å². The first-order valence-corrected chi connectivity index (χ1v) is 12.5. The predicted molar refractivity (Wildman–Crippen MR) is 128 cm³/mol. The molecule has 3 rings (SSSR count). The van der Waals surface area contributed by atoms with Gasteiger partial charge < -0.3 is 10.1 Å². The van der Waals surface area contributed by atoms with Crippen molar-refractivity contribution in [3.8, 4) is 0 Å². The molecule has 1 aliphatic heterocycles. The summed E-state index contributed by atoms with van der Waals surface area (Å²) >= 11 is 0.934. The lowest BCUT2D eigenvalue weighted by Crippen LogP contribution is -2.58. The van der Waals surface area contributed by atoms with Crippen LogP contribution >= 0.6 is 11.3 Å². The lowest BCUT2D eigenvalue weighted by molar-refractivity contribution is -0.183. The lowest BCUT2D eigenvalue weighted by Gasteiger charge is -2.42. The molecular weight excluding hydrogens is 482 g/mol. The molecule has 0 saturated carbocycles. The van der Waals surface area contributed by atoms with Crippen molar-refractivity contribution in [1.29, 1.82) is 0 Å². The first-order chi connectivity index (χ1) is 16.2. The van der Waals surface area contributed by atoms with E-state index in [0.29, 0.717) is 11.4 Å². The van der Waals surface area contributed by atoms with Gasteiger partial charge in [0.25, 0.3) is 0 Å². The fourth-order valence-corrected chi connectivity index (χ4v) is 5.50. The number of carbonyl (C=O) groups excluding carboxylic acids is 1. The number of ether oxygens (including phenoxy) is 1. The number of alkyl carbamates (subject to hydrolysis) is 1. The molecule has 0 aliphatic carbocycles. The normalized spacial score (nSPS) is 20.3. The van der Waals surface area contributed by atoms with Crippen LogP contribution in [0.1, 0.15) is 56.7 Å². The molecule has 2 aromatic rings. The average molecular weight is 516 g/mol. The van der Waals surface area contributed by atoms with E-state index in [2.05, 4.69) is 10.3 Å². The van der Waals surface area contributed by atoms with Gasteiger partial charge in [0.15, 0.2) is 5.13 Å². The summed E-state index contributed by atoms with van der Waals surface area (Å²) in [6.45, 7) is 9.49. The minimum absolute atomic E-state index is 0.105. The molecule has 2 atom stereocenters. The number of likely N-dealkylation sites (tertiary alicyclic amines) is 1. The van der Waals surface area contributed by atoms with Crippen molar-refractivity contribution in [2.75, 3.05) is 13.1 Å². The maximum absolute atomic E-state index is 14.5. The molecule has 0 spiro atoms. The summed E-state index contributed by atoms with van der Waals surface area (Å²) in [4.78, 5) is 19.4. The molecule has 0 radical (unpaired) electrons. The van der Waals surface area contributed by atoms with Crippen LogP contribution in [0.25, 0.3) is 0 Å². The van der Waals surface area contributed by atoms with Crippen LogP contribution in [0.2, 0.25) is 0 Å². The van der Waals surface area contributed by atoms with E-state index < -0.39 is 35.4 Å². The van der Waals surface area contributed by atoms with Crippen LogP contribution in [0, 0.1) is 17.5 Å². The van der Waals surface area contributed by atoms with Gasteiger partial charge in [0.1, 0.15) is 6.04 Å². The highest BCUT2D eigenvalue weighted by Gasteiger charge is 2.58. The fourth-order valence-electron chi connectivity index (χ4n) is 4.78. The van der Waals surface area contributed by atoms with Crippen LogP contribution in [0.3, 0.4) is 0 Å². The molecule has 1 saturated heterocycles. The van der Waals surface area contributed by atoms with Gasteiger partial charge in [-0.15, -0.1) is 11.3 Å². The Balaban J connectivity index is 1.94. The maximum Gasteiger partial charge on any atom is 0.409 e. The van der Waals surface area contributed by atoms with E-state index in [1.165, 1.54) is 6.07 Å². The van der Waals surface area contributed by atoms with Crippen LogP contribution in [0.15, 0.2) is 30.5 Å². The van der Waals surface area contributed by atoms with Gasteiger partial charge in [0, 0.05) is 34.3 Å². The van der Waals surface area contributed by atoms with Crippen molar-refractivity contribution in [2.45, 2.75) is 77.7 Å². The standard InChI is InChI=1S/C25H33F4N3O2S/c1-16(2)34-22(33)31-21(25(27,28)29)24(11-10-19-8-9-20(26)35-19)12-13-32(15-24)23(4,5)18-7-6-17(3)30-14-18/h6-9,14,16,21H,10-13,15H2,1-5H3,(H,31,33)/t21-,24-/m1/s1. The Morgan fingerprint density at radius 2 is 1.97 bits per heavy atom. The number of nitrogens with one attached hydrogen (secondary N) is 1. The second-order valence-electron chi connectivity index (χ2n) is 10.1. The van der Waals surface area contributed by atoms with Gasteiger partial charge >= 0.3 is 12.3 Å². The maximum atomic E-state index is 14.5. The topological polar surface area (TPSA) is 54.5 Å². The Morgan fingerprint density at radius 3 is 2.51 bits per heavy atom. The first-order valence-electron chi connectivity index (χ1n) is 11.7. The number of aryl methyl sites for hydroxylation is 2. The van der Waals surface area contributed by atoms with E-state index in [-0.39, 0.29) is 30.9 Å². The van der Waals surface area contributed by atoms with Gasteiger partial charge in [-0.3, -0.25) is 9.88 Å². The number of rotatable bonds is 8. The van der Waals surface area contributed by atoms with E-state index >= 15 is 0 Å². The number of halogens is 4. The first kappa shape index (κ1) is 27.4. The van der Waals surface area contributed by atoms with Crippen molar-refractivity contribution >= 4 is 17.4 Å². The number of thiophene rings is 1. The zero-order valence-electron chi connectivity index (χ0n) is 20.7. The van der Waals surface area contributed by atoms with Gasteiger partial charge in [-0.05, 0) is 84.2 Å². The molecule has 0 unspecified atom stereocenters. The minimum atomic E-state index is -4.69. The second kappa shape index (κ2) is 10.4. The highest BCUT2D eigenvalue weighted by Crippen LogP contribution is 2.48. The van der Waals surface area contributed by atoms with Crippen LogP contribution in [-0.2, 0) is 16.7 Å². The molecule has 0 aromatic carbocycles. The average Bonchev–Trinajstić information content (AvgIpc) is 3.37. The molecule has 1 fully saturated rings. The quantitative estimate of drug-likeness (QED) is 0.425. The Hall–Kier alpha value is -2.20. The molecule has 35 heavy (non-hydrogen) atoms. The van der Waals surface area contributed by atoms with Gasteiger partial charge in [-0.25, -0.2) is 4.79 Å². The molecule has 2 aromatic heterocycles. The van der Waals surface area contributed by atoms with Crippen LogP contribution in [0.4, 0.5) is 22.4 Å². The molecule has 3 heterocycles. The molecule has 1 N–H and O–H groups in total. The zero-order valence-corrected chi connectivity index (χ0v) is 21.5. The highest BCUT2D eigenvalue weighted by atomic mass is 32.1. The van der Waals surface area contributed by atoms with Gasteiger partial charge in [0.05, 0.1) is 6.10 Å². The Labute approximate surface area is 207 Å². The Kier molecular flexibility index (Phi) is 8.16. The van der Waals surface area contributed by atoms with Gasteiger partial charge in [-0.1, -0.05) is 6.07 Å². The Bertz CT molecular complexity index is 1010. The van der Waals surface area contributed by atoms with Crippen LogP contribution in [0.5, 0.6) is 0 Å². The van der Waals surface area contributed by atoms with Gasteiger partial charge in [0.2, 0.25) is 0 Å². The second-order valence-corrected chi connectivity index (χ2v) is 11.2. The largest absolute Gasteiger partial charge is 0.447 e. The van der Waals surface area contributed by atoms with E-state index in [1.807, 2.05) is 37.8 Å². The third kappa shape index (κ3) is 6.52. The summed E-state index contributed by atoms with van der Waals surface area (Å²) in [5.41, 5.74) is -0.139. The molecule has 194 valence electrons.